The lowest BCUT2D eigenvalue weighted by atomic mass is 9.93. The summed E-state index contributed by atoms with van der Waals surface area (Å²) in [5.74, 6) is 0. The molecule has 2 amide bonds. The van der Waals surface area contributed by atoms with Gasteiger partial charge in [0.2, 0.25) is 0 Å². The SMILES string of the molecule is CC1(C)CCN(C(=O)N2CCCC2)C1. The topological polar surface area (TPSA) is 23.6 Å². The molecule has 0 aromatic heterocycles. The van der Waals surface area contributed by atoms with Gasteiger partial charge in [-0.15, -0.1) is 0 Å². The van der Waals surface area contributed by atoms with Crippen LogP contribution in [0.25, 0.3) is 0 Å². The Balaban J connectivity index is 1.92. The molecule has 0 unspecified atom stereocenters. The molecule has 3 nitrogen and oxygen atoms in total. The third-order valence-corrected chi connectivity index (χ3v) is 3.32. The van der Waals surface area contributed by atoms with Crippen molar-refractivity contribution in [1.29, 1.82) is 0 Å². The first kappa shape index (κ1) is 9.81. The van der Waals surface area contributed by atoms with Crippen molar-refractivity contribution in [3.63, 3.8) is 0 Å². The van der Waals surface area contributed by atoms with Crippen LogP contribution in [0.3, 0.4) is 0 Å². The molecule has 0 bridgehead atoms. The van der Waals surface area contributed by atoms with Crippen molar-refractivity contribution >= 4 is 6.03 Å². The van der Waals surface area contributed by atoms with Crippen molar-refractivity contribution in [2.75, 3.05) is 26.2 Å². The fourth-order valence-corrected chi connectivity index (χ4v) is 2.38. The van der Waals surface area contributed by atoms with E-state index in [1.165, 1.54) is 12.8 Å². The third-order valence-electron chi connectivity index (χ3n) is 3.32. The van der Waals surface area contributed by atoms with Crippen LogP contribution in [0.2, 0.25) is 0 Å². The molecule has 0 saturated carbocycles. The summed E-state index contributed by atoms with van der Waals surface area (Å²) in [7, 11) is 0. The van der Waals surface area contributed by atoms with Gasteiger partial charge in [-0.05, 0) is 24.7 Å². The first-order chi connectivity index (χ1) is 6.58. The maximum atomic E-state index is 12.0. The second-order valence-electron chi connectivity index (χ2n) is 5.31. The summed E-state index contributed by atoms with van der Waals surface area (Å²) in [6, 6.07) is 0.271. The Morgan fingerprint density at radius 3 is 2.21 bits per heavy atom. The van der Waals surface area contributed by atoms with Gasteiger partial charge in [-0.2, -0.15) is 0 Å². The summed E-state index contributed by atoms with van der Waals surface area (Å²) in [6.45, 7) is 8.30. The fourth-order valence-electron chi connectivity index (χ4n) is 2.38. The van der Waals surface area contributed by atoms with Crippen molar-refractivity contribution in [2.24, 2.45) is 5.41 Å². The fraction of sp³-hybridized carbons (Fsp3) is 0.909. The number of likely N-dealkylation sites (tertiary alicyclic amines) is 2. The minimum absolute atomic E-state index is 0.271. The number of nitrogens with zero attached hydrogens (tertiary/aromatic N) is 2. The maximum absolute atomic E-state index is 12.0. The lowest BCUT2D eigenvalue weighted by molar-refractivity contribution is 0.168. The molecule has 14 heavy (non-hydrogen) atoms. The number of carbonyl (C=O) groups is 1. The van der Waals surface area contributed by atoms with Gasteiger partial charge in [-0.1, -0.05) is 13.8 Å². The quantitative estimate of drug-likeness (QED) is 0.580. The Bertz CT molecular complexity index is 231. The summed E-state index contributed by atoms with van der Waals surface area (Å²) in [5, 5.41) is 0. The van der Waals surface area contributed by atoms with E-state index in [2.05, 4.69) is 13.8 Å². The Morgan fingerprint density at radius 1 is 1.07 bits per heavy atom. The van der Waals surface area contributed by atoms with Crippen LogP contribution in [0, 0.1) is 5.41 Å². The number of hydrogen-bond donors (Lipinski definition) is 0. The summed E-state index contributed by atoms with van der Waals surface area (Å²) in [5.41, 5.74) is 0.329. The normalized spacial score (nSPS) is 25.9. The standard InChI is InChI=1S/C11H20N2O/c1-11(2)5-8-13(9-11)10(14)12-6-3-4-7-12/h3-9H2,1-2H3. The van der Waals surface area contributed by atoms with Crippen molar-refractivity contribution in [2.45, 2.75) is 33.1 Å². The van der Waals surface area contributed by atoms with Gasteiger partial charge in [0.15, 0.2) is 0 Å². The molecule has 0 radical (unpaired) electrons. The molecule has 2 aliphatic heterocycles. The molecule has 0 aliphatic carbocycles. The predicted molar refractivity (Wildman–Crippen MR) is 56.2 cm³/mol. The highest BCUT2D eigenvalue weighted by atomic mass is 16.2. The van der Waals surface area contributed by atoms with Crippen LogP contribution in [0.4, 0.5) is 4.79 Å². The molecule has 3 heteroatoms. The average molecular weight is 196 g/mol. The second kappa shape index (κ2) is 3.44. The van der Waals surface area contributed by atoms with E-state index < -0.39 is 0 Å². The zero-order valence-electron chi connectivity index (χ0n) is 9.25. The van der Waals surface area contributed by atoms with Gasteiger partial charge in [-0.25, -0.2) is 4.79 Å². The molecule has 0 spiro atoms. The van der Waals surface area contributed by atoms with Gasteiger partial charge in [-0.3, -0.25) is 0 Å². The molecule has 0 aromatic rings. The lowest BCUT2D eigenvalue weighted by Crippen LogP contribution is -2.41. The number of rotatable bonds is 0. The zero-order valence-corrected chi connectivity index (χ0v) is 9.25. The Hall–Kier alpha value is -0.730. The Morgan fingerprint density at radius 2 is 1.71 bits per heavy atom. The molecular formula is C11H20N2O. The molecule has 0 aromatic carbocycles. The van der Waals surface area contributed by atoms with Crippen LogP contribution in [0.5, 0.6) is 0 Å². The van der Waals surface area contributed by atoms with Crippen LogP contribution in [0.1, 0.15) is 33.1 Å². The molecule has 0 atom stereocenters. The summed E-state index contributed by atoms with van der Waals surface area (Å²) in [4.78, 5) is 16.0. The molecule has 2 rings (SSSR count). The van der Waals surface area contributed by atoms with Crippen LogP contribution >= 0.6 is 0 Å². The van der Waals surface area contributed by atoms with Gasteiger partial charge in [0.25, 0.3) is 0 Å². The van der Waals surface area contributed by atoms with Crippen molar-refractivity contribution in [1.82, 2.24) is 9.80 Å². The Kier molecular flexibility index (Phi) is 2.41. The number of amides is 2. The third kappa shape index (κ3) is 1.86. The largest absolute Gasteiger partial charge is 0.325 e. The van der Waals surface area contributed by atoms with Gasteiger partial charge >= 0.3 is 6.03 Å². The van der Waals surface area contributed by atoms with E-state index in [0.29, 0.717) is 5.41 Å². The zero-order chi connectivity index (χ0) is 10.2. The first-order valence-electron chi connectivity index (χ1n) is 5.62. The summed E-state index contributed by atoms with van der Waals surface area (Å²) in [6.07, 6.45) is 3.51. The monoisotopic (exact) mass is 196 g/mol. The van der Waals surface area contributed by atoms with E-state index in [1.54, 1.807) is 0 Å². The highest BCUT2D eigenvalue weighted by Crippen LogP contribution is 2.29. The minimum Gasteiger partial charge on any atom is -0.325 e. The summed E-state index contributed by atoms with van der Waals surface area (Å²) < 4.78 is 0. The molecule has 2 saturated heterocycles. The highest BCUT2D eigenvalue weighted by Gasteiger charge is 2.34. The number of urea groups is 1. The molecular weight excluding hydrogens is 176 g/mol. The van der Waals surface area contributed by atoms with E-state index in [4.69, 9.17) is 0 Å². The maximum Gasteiger partial charge on any atom is 0.320 e. The van der Waals surface area contributed by atoms with Crippen molar-refractivity contribution in [3.8, 4) is 0 Å². The van der Waals surface area contributed by atoms with Crippen molar-refractivity contribution < 1.29 is 4.79 Å². The summed E-state index contributed by atoms with van der Waals surface area (Å²) >= 11 is 0. The van der Waals surface area contributed by atoms with Crippen LogP contribution in [-0.2, 0) is 0 Å². The van der Waals surface area contributed by atoms with Crippen LogP contribution < -0.4 is 0 Å². The van der Waals surface area contributed by atoms with Gasteiger partial charge in [0.05, 0.1) is 0 Å². The van der Waals surface area contributed by atoms with E-state index in [0.717, 1.165) is 32.6 Å². The van der Waals surface area contributed by atoms with Gasteiger partial charge < -0.3 is 9.80 Å². The van der Waals surface area contributed by atoms with E-state index >= 15 is 0 Å². The van der Waals surface area contributed by atoms with Crippen LogP contribution in [0.15, 0.2) is 0 Å². The van der Waals surface area contributed by atoms with Crippen molar-refractivity contribution in [3.05, 3.63) is 0 Å². The number of hydrogen-bond acceptors (Lipinski definition) is 1. The van der Waals surface area contributed by atoms with E-state index in [1.807, 2.05) is 9.80 Å². The Labute approximate surface area is 86.1 Å². The van der Waals surface area contributed by atoms with Gasteiger partial charge in [0.1, 0.15) is 0 Å². The van der Waals surface area contributed by atoms with Crippen LogP contribution in [-0.4, -0.2) is 42.0 Å². The molecule has 80 valence electrons. The average Bonchev–Trinajstić information content (AvgIpc) is 2.72. The van der Waals surface area contributed by atoms with Gasteiger partial charge in [0, 0.05) is 26.2 Å². The van der Waals surface area contributed by atoms with E-state index in [-0.39, 0.29) is 6.03 Å². The highest BCUT2D eigenvalue weighted by molar-refractivity contribution is 5.75. The molecule has 2 aliphatic rings. The van der Waals surface area contributed by atoms with E-state index in [9.17, 15) is 4.79 Å². The predicted octanol–water partition coefficient (Wildman–Crippen LogP) is 1.93. The number of carbonyl (C=O) groups excluding carboxylic acids is 1. The first-order valence-corrected chi connectivity index (χ1v) is 5.62. The molecule has 2 heterocycles. The molecule has 0 N–H and O–H groups in total. The smallest absolute Gasteiger partial charge is 0.320 e. The second-order valence-corrected chi connectivity index (χ2v) is 5.31. The lowest BCUT2D eigenvalue weighted by Gasteiger charge is -2.25. The molecule has 2 fully saturated rings. The minimum atomic E-state index is 0.271.